The van der Waals surface area contributed by atoms with Crippen LogP contribution in [0.15, 0.2) is 30.5 Å². The Morgan fingerprint density at radius 3 is 2.71 bits per heavy atom. The standard InChI is InChI=1S/C11H12O2.Tl/c1-8-6-11(13-3)5-4-10(8)7-9(2)12;/h4-7,12H,1-2H2,3H3;/q;+1/p-1/b10-7-;. The van der Waals surface area contributed by atoms with Crippen LogP contribution in [0.3, 0.4) is 0 Å². The van der Waals surface area contributed by atoms with Crippen LogP contribution in [0.25, 0.3) is 12.7 Å². The maximum atomic E-state index is 5.12. The zero-order chi connectivity index (χ0) is 10.6. The number of allylic oxidation sites excluding steroid dienone is 1. The predicted octanol–water partition coefficient (Wildman–Crippen LogP) is 0.500. The first-order chi connectivity index (χ1) is 6.67. The van der Waals surface area contributed by atoms with Gasteiger partial charge in [-0.3, -0.25) is 0 Å². The SMILES string of the molecule is C=C(/C=c1/ccc(OC)cc1=C)[O][Tl]. The van der Waals surface area contributed by atoms with Crippen molar-refractivity contribution < 1.29 is 7.42 Å². The van der Waals surface area contributed by atoms with Crippen LogP contribution in [-0.2, 0) is 2.69 Å². The summed E-state index contributed by atoms with van der Waals surface area (Å²) in [7, 11) is 1.64. The molecule has 0 N–H and O–H groups in total. The number of ether oxygens (including phenoxy) is 1. The third kappa shape index (κ3) is 2.87. The van der Waals surface area contributed by atoms with Crippen LogP contribution in [0.5, 0.6) is 5.75 Å². The molecule has 0 saturated carbocycles. The van der Waals surface area contributed by atoms with Gasteiger partial charge in [0.1, 0.15) is 0 Å². The summed E-state index contributed by atoms with van der Waals surface area (Å²) in [5, 5.41) is 1.92. The monoisotopic (exact) mass is 380 g/mol. The van der Waals surface area contributed by atoms with Crippen molar-refractivity contribution in [1.82, 2.24) is 0 Å². The van der Waals surface area contributed by atoms with Crippen molar-refractivity contribution in [3.63, 3.8) is 0 Å². The van der Waals surface area contributed by atoms with Gasteiger partial charge >= 0.3 is 100 Å². The van der Waals surface area contributed by atoms with Crippen molar-refractivity contribution >= 4 is 38.9 Å². The summed E-state index contributed by atoms with van der Waals surface area (Å²) in [6.07, 6.45) is 1.88. The van der Waals surface area contributed by atoms with Crippen LogP contribution in [0.2, 0.25) is 0 Å². The topological polar surface area (TPSA) is 18.5 Å². The molecule has 0 atom stereocenters. The molecule has 1 aromatic carbocycles. The summed E-state index contributed by atoms with van der Waals surface area (Å²) >= 11 is 0.468. The Kier molecular flexibility index (Phi) is 4.19. The van der Waals surface area contributed by atoms with Gasteiger partial charge in [0.05, 0.1) is 0 Å². The summed E-state index contributed by atoms with van der Waals surface area (Å²) in [5.74, 6) is 1.50. The van der Waals surface area contributed by atoms with Crippen LogP contribution in [0.4, 0.5) is 0 Å². The molecule has 14 heavy (non-hydrogen) atoms. The Morgan fingerprint density at radius 2 is 2.21 bits per heavy atom. The fraction of sp³-hybridized carbons (Fsp3) is 0.0909. The Labute approximate surface area is 99.9 Å². The van der Waals surface area contributed by atoms with E-state index in [9.17, 15) is 0 Å². The molecule has 0 aliphatic heterocycles. The molecule has 0 radical (unpaired) electrons. The fourth-order valence-electron chi connectivity index (χ4n) is 1.06. The molecule has 0 spiro atoms. The number of hydrogen-bond donors (Lipinski definition) is 0. The summed E-state index contributed by atoms with van der Waals surface area (Å²) in [6.45, 7) is 7.68. The second-order valence-corrected chi connectivity index (χ2v) is 3.71. The number of rotatable bonds is 3. The molecule has 70 valence electrons. The Morgan fingerprint density at radius 1 is 1.50 bits per heavy atom. The maximum absolute atomic E-state index is 5.12. The molecule has 0 aliphatic carbocycles. The molecule has 0 bridgehead atoms. The van der Waals surface area contributed by atoms with E-state index >= 15 is 0 Å². The van der Waals surface area contributed by atoms with E-state index in [0.717, 1.165) is 16.2 Å². The van der Waals surface area contributed by atoms with E-state index in [1.54, 1.807) is 7.11 Å². The van der Waals surface area contributed by atoms with Crippen LogP contribution in [0.1, 0.15) is 0 Å². The van der Waals surface area contributed by atoms with E-state index in [2.05, 4.69) is 13.2 Å². The predicted molar refractivity (Wildman–Crippen MR) is 58.2 cm³/mol. The first-order valence-corrected chi connectivity index (χ1v) is 5.91. The van der Waals surface area contributed by atoms with Crippen LogP contribution < -0.4 is 15.2 Å². The number of methoxy groups -OCH3 is 1. The van der Waals surface area contributed by atoms with E-state index in [1.165, 1.54) is 0 Å². The summed E-state index contributed by atoms with van der Waals surface area (Å²) in [4.78, 5) is 0. The van der Waals surface area contributed by atoms with Gasteiger partial charge in [0.25, 0.3) is 0 Å². The third-order valence-corrected chi connectivity index (χ3v) is 2.99. The summed E-state index contributed by atoms with van der Waals surface area (Å²) in [6, 6.07) is 5.72. The summed E-state index contributed by atoms with van der Waals surface area (Å²) in [5.41, 5.74) is 0. The normalized spacial score (nSPS) is 11.0. The van der Waals surface area contributed by atoms with Gasteiger partial charge in [0, 0.05) is 0 Å². The van der Waals surface area contributed by atoms with Crippen molar-refractivity contribution in [3.8, 4) is 5.75 Å². The van der Waals surface area contributed by atoms with Gasteiger partial charge in [-0.25, -0.2) is 0 Å². The number of benzene rings is 1. The molecule has 0 amide bonds. The Balaban J connectivity index is 3.19. The molecular weight excluding hydrogens is 369 g/mol. The van der Waals surface area contributed by atoms with Gasteiger partial charge < -0.3 is 0 Å². The first kappa shape index (κ1) is 11.3. The fourth-order valence-corrected chi connectivity index (χ4v) is 1.32. The Bertz CT molecular complexity index is 437. The van der Waals surface area contributed by atoms with Gasteiger partial charge in [-0.2, -0.15) is 0 Å². The van der Waals surface area contributed by atoms with Crippen molar-refractivity contribution in [2.45, 2.75) is 0 Å². The number of hydrogen-bond acceptors (Lipinski definition) is 2. The van der Waals surface area contributed by atoms with E-state index in [4.69, 9.17) is 7.42 Å². The van der Waals surface area contributed by atoms with Gasteiger partial charge in [-0.15, -0.1) is 0 Å². The van der Waals surface area contributed by atoms with E-state index in [1.807, 2.05) is 24.3 Å². The second-order valence-electron chi connectivity index (χ2n) is 2.79. The van der Waals surface area contributed by atoms with Crippen molar-refractivity contribution in [2.75, 3.05) is 7.11 Å². The third-order valence-electron chi connectivity index (χ3n) is 1.82. The Hall–Kier alpha value is -0.778. The van der Waals surface area contributed by atoms with Crippen molar-refractivity contribution in [2.24, 2.45) is 0 Å². The molecule has 3 heteroatoms. The van der Waals surface area contributed by atoms with E-state index in [0.29, 0.717) is 32.0 Å². The summed E-state index contributed by atoms with van der Waals surface area (Å²) < 4.78 is 10.2. The molecule has 0 aliphatic rings. The van der Waals surface area contributed by atoms with E-state index in [-0.39, 0.29) is 0 Å². The van der Waals surface area contributed by atoms with Gasteiger partial charge in [0.15, 0.2) is 0 Å². The van der Waals surface area contributed by atoms with E-state index < -0.39 is 0 Å². The molecule has 0 unspecified atom stereocenters. The molecule has 2 nitrogen and oxygen atoms in total. The molecule has 0 saturated heterocycles. The zero-order valence-electron chi connectivity index (χ0n) is 8.12. The molecule has 1 rings (SSSR count). The van der Waals surface area contributed by atoms with Gasteiger partial charge in [0.2, 0.25) is 0 Å². The molecule has 0 heterocycles. The van der Waals surface area contributed by atoms with Crippen LogP contribution >= 0.6 is 0 Å². The zero-order valence-corrected chi connectivity index (χ0v) is 12.6. The average Bonchev–Trinajstić information content (AvgIpc) is 2.20. The van der Waals surface area contributed by atoms with Crippen molar-refractivity contribution in [3.05, 3.63) is 41.0 Å². The first-order valence-electron chi connectivity index (χ1n) is 4.07. The van der Waals surface area contributed by atoms with Gasteiger partial charge in [-0.05, 0) is 0 Å². The average molecular weight is 380 g/mol. The quantitative estimate of drug-likeness (QED) is 0.563. The minimum absolute atomic E-state index is 0.468. The van der Waals surface area contributed by atoms with Crippen molar-refractivity contribution in [1.29, 1.82) is 0 Å². The van der Waals surface area contributed by atoms with Crippen LogP contribution in [-0.4, -0.2) is 33.3 Å². The van der Waals surface area contributed by atoms with Gasteiger partial charge in [-0.1, -0.05) is 0 Å². The molecule has 0 aromatic heterocycles. The minimum atomic E-state index is 0.468. The second kappa shape index (κ2) is 5.19. The molecule has 0 fully saturated rings. The molecule has 1 aromatic rings. The van der Waals surface area contributed by atoms with Crippen LogP contribution in [0, 0.1) is 0 Å². The molecular formula is C11H11O2Tl.